The molecule has 3 heterocycles. The Bertz CT molecular complexity index is 1490. The van der Waals surface area contributed by atoms with E-state index in [1.54, 1.807) is 12.4 Å². The van der Waals surface area contributed by atoms with Gasteiger partial charge in [0.2, 0.25) is 0 Å². The van der Waals surface area contributed by atoms with E-state index >= 15 is 0 Å². The van der Waals surface area contributed by atoms with Crippen molar-refractivity contribution in [1.82, 2.24) is 15.0 Å². The van der Waals surface area contributed by atoms with Gasteiger partial charge in [-0.25, -0.2) is 4.98 Å². The van der Waals surface area contributed by atoms with Crippen LogP contribution in [0.4, 0.5) is 11.5 Å². The van der Waals surface area contributed by atoms with E-state index in [0.29, 0.717) is 5.56 Å². The van der Waals surface area contributed by atoms with Gasteiger partial charge in [0.25, 0.3) is 5.91 Å². The van der Waals surface area contributed by atoms with Gasteiger partial charge in [0.15, 0.2) is 0 Å². The first-order valence-electron chi connectivity index (χ1n) is 11.6. The fraction of sp³-hybridized carbons (Fsp3) is 0.138. The van der Waals surface area contributed by atoms with Crippen LogP contribution in [0.25, 0.3) is 10.9 Å². The van der Waals surface area contributed by atoms with Crippen molar-refractivity contribution in [1.29, 1.82) is 0 Å². The first-order valence-corrected chi connectivity index (χ1v) is 11.6. The number of aromatic amines is 1. The molecular weight excluding hydrogens is 434 g/mol. The summed E-state index contributed by atoms with van der Waals surface area (Å²) in [7, 11) is 0. The smallest absolute Gasteiger partial charge is 0.255 e. The summed E-state index contributed by atoms with van der Waals surface area (Å²) < 4.78 is 0. The summed E-state index contributed by atoms with van der Waals surface area (Å²) in [5.74, 6) is 0.639. The highest BCUT2D eigenvalue weighted by Crippen LogP contribution is 2.35. The Morgan fingerprint density at radius 1 is 0.857 bits per heavy atom. The molecule has 1 atom stereocenters. The minimum atomic E-state index is -0.234. The van der Waals surface area contributed by atoms with E-state index < -0.39 is 0 Å². The Kier molecular flexibility index (Phi) is 6.02. The number of carbonyl (C=O) groups excluding carboxylic acids is 1. The van der Waals surface area contributed by atoms with Gasteiger partial charge in [-0.3, -0.25) is 9.78 Å². The van der Waals surface area contributed by atoms with Crippen molar-refractivity contribution in [2.45, 2.75) is 26.8 Å². The maximum atomic E-state index is 12.8. The topological polar surface area (TPSA) is 82.7 Å². The third kappa shape index (κ3) is 4.77. The van der Waals surface area contributed by atoms with Crippen LogP contribution < -0.4 is 10.6 Å². The van der Waals surface area contributed by atoms with Gasteiger partial charge in [-0.05, 0) is 80.9 Å². The normalized spacial score (nSPS) is 11.9. The molecular formula is C29H27N5O. The lowest BCUT2D eigenvalue weighted by molar-refractivity contribution is 0.102. The molecule has 0 aliphatic heterocycles. The molecule has 0 radical (unpaired) electrons. The lowest BCUT2D eigenvalue weighted by Gasteiger charge is -2.20. The van der Waals surface area contributed by atoms with Crippen LogP contribution in [0.15, 0.2) is 85.2 Å². The van der Waals surface area contributed by atoms with Gasteiger partial charge >= 0.3 is 0 Å². The van der Waals surface area contributed by atoms with E-state index in [9.17, 15) is 4.79 Å². The maximum absolute atomic E-state index is 12.8. The molecule has 174 valence electrons. The number of H-pyrrole nitrogens is 1. The number of fused-ring (bicyclic) bond motifs is 1. The molecule has 0 spiro atoms. The van der Waals surface area contributed by atoms with E-state index in [1.807, 2.05) is 86.6 Å². The molecule has 5 aromatic rings. The van der Waals surface area contributed by atoms with Gasteiger partial charge in [0.1, 0.15) is 5.82 Å². The summed E-state index contributed by atoms with van der Waals surface area (Å²) in [6.07, 6.45) is 3.60. The Hall–Kier alpha value is -4.45. The van der Waals surface area contributed by atoms with Crippen molar-refractivity contribution in [3.05, 3.63) is 119 Å². The van der Waals surface area contributed by atoms with Crippen molar-refractivity contribution < 1.29 is 4.79 Å². The van der Waals surface area contributed by atoms with Crippen LogP contribution in [0.5, 0.6) is 0 Å². The third-order valence-electron chi connectivity index (χ3n) is 6.09. The summed E-state index contributed by atoms with van der Waals surface area (Å²) >= 11 is 0. The average Bonchev–Trinajstić information content (AvgIpc) is 3.18. The number of nitrogens with one attached hydrogen (secondary N) is 3. The highest BCUT2D eigenvalue weighted by molar-refractivity contribution is 6.05. The van der Waals surface area contributed by atoms with Crippen molar-refractivity contribution >= 4 is 28.3 Å². The summed E-state index contributed by atoms with van der Waals surface area (Å²) in [6.45, 7) is 6.10. The average molecular weight is 462 g/mol. The van der Waals surface area contributed by atoms with E-state index in [1.165, 1.54) is 0 Å². The highest BCUT2D eigenvalue weighted by Gasteiger charge is 2.23. The van der Waals surface area contributed by atoms with Gasteiger partial charge in [0, 0.05) is 45.8 Å². The predicted molar refractivity (Wildman–Crippen MR) is 141 cm³/mol. The van der Waals surface area contributed by atoms with Crippen molar-refractivity contribution in [2.75, 3.05) is 10.6 Å². The summed E-state index contributed by atoms with van der Waals surface area (Å²) in [5.41, 5.74) is 7.56. The molecule has 3 aromatic heterocycles. The van der Waals surface area contributed by atoms with Gasteiger partial charge in [-0.1, -0.05) is 23.8 Å². The Morgan fingerprint density at radius 2 is 1.69 bits per heavy atom. The molecule has 1 amide bonds. The first-order chi connectivity index (χ1) is 17.0. The standard InChI is InChI=1S/C29H27N5O/c1-18-7-9-21(10-8-18)29(35)33-22-11-12-24-23(17-22)27(20(3)32-24)28(25-6-4-5-14-30-25)34-26-16-19(2)13-15-31-26/h4-17,28,32H,1-3H3,(H,31,34)(H,33,35)/t28-/m0/s1. The molecule has 0 aliphatic rings. The Morgan fingerprint density at radius 3 is 2.43 bits per heavy atom. The van der Waals surface area contributed by atoms with Crippen LogP contribution in [-0.4, -0.2) is 20.9 Å². The molecule has 0 aliphatic carbocycles. The lowest BCUT2D eigenvalue weighted by atomic mass is 9.99. The molecule has 0 bridgehead atoms. The predicted octanol–water partition coefficient (Wildman–Crippen LogP) is 6.34. The minimum Gasteiger partial charge on any atom is -0.358 e. The fourth-order valence-electron chi connectivity index (χ4n) is 4.31. The number of pyridine rings is 2. The van der Waals surface area contributed by atoms with Gasteiger partial charge < -0.3 is 15.6 Å². The zero-order valence-electron chi connectivity index (χ0n) is 20.0. The van der Waals surface area contributed by atoms with E-state index in [2.05, 4.69) is 32.5 Å². The van der Waals surface area contributed by atoms with Gasteiger partial charge in [-0.2, -0.15) is 0 Å². The quantitative estimate of drug-likeness (QED) is 0.276. The number of aryl methyl sites for hydroxylation is 3. The summed E-state index contributed by atoms with van der Waals surface area (Å²) in [5, 5.41) is 7.64. The minimum absolute atomic E-state index is 0.137. The van der Waals surface area contributed by atoms with Crippen molar-refractivity contribution in [3.63, 3.8) is 0 Å². The number of aromatic nitrogens is 3. The number of rotatable bonds is 6. The number of nitrogens with zero attached hydrogens (tertiary/aromatic N) is 2. The van der Waals surface area contributed by atoms with Crippen LogP contribution in [0.1, 0.15) is 44.5 Å². The third-order valence-corrected chi connectivity index (χ3v) is 6.09. The zero-order chi connectivity index (χ0) is 24.4. The largest absolute Gasteiger partial charge is 0.358 e. The number of anilines is 2. The monoisotopic (exact) mass is 461 g/mol. The molecule has 2 aromatic carbocycles. The van der Waals surface area contributed by atoms with Crippen LogP contribution in [0.3, 0.4) is 0 Å². The molecule has 0 saturated heterocycles. The Labute approximate surface area is 204 Å². The second-order valence-electron chi connectivity index (χ2n) is 8.79. The van der Waals surface area contributed by atoms with E-state index in [-0.39, 0.29) is 11.9 Å². The number of hydrogen-bond donors (Lipinski definition) is 3. The molecule has 0 unspecified atom stereocenters. The molecule has 6 heteroatoms. The summed E-state index contributed by atoms with van der Waals surface area (Å²) in [6, 6.07) is 23.1. The second-order valence-corrected chi connectivity index (χ2v) is 8.79. The van der Waals surface area contributed by atoms with E-state index in [0.717, 1.165) is 50.5 Å². The van der Waals surface area contributed by atoms with Crippen LogP contribution >= 0.6 is 0 Å². The number of benzene rings is 2. The van der Waals surface area contributed by atoms with Crippen molar-refractivity contribution in [2.24, 2.45) is 0 Å². The van der Waals surface area contributed by atoms with Crippen LogP contribution in [0.2, 0.25) is 0 Å². The molecule has 0 fully saturated rings. The fourth-order valence-corrected chi connectivity index (χ4v) is 4.31. The summed E-state index contributed by atoms with van der Waals surface area (Å²) in [4.78, 5) is 25.5. The lowest BCUT2D eigenvalue weighted by Crippen LogP contribution is -2.15. The molecule has 0 saturated carbocycles. The Balaban J connectivity index is 1.55. The highest BCUT2D eigenvalue weighted by atomic mass is 16.1. The first kappa shape index (κ1) is 22.3. The second kappa shape index (κ2) is 9.43. The SMILES string of the molecule is Cc1ccc(C(=O)Nc2ccc3[nH]c(C)c([C@@H](Nc4cc(C)ccn4)c4ccccn4)c3c2)cc1. The van der Waals surface area contributed by atoms with Crippen LogP contribution in [-0.2, 0) is 0 Å². The number of amides is 1. The van der Waals surface area contributed by atoms with Gasteiger partial charge in [0.05, 0.1) is 11.7 Å². The zero-order valence-corrected chi connectivity index (χ0v) is 20.0. The van der Waals surface area contributed by atoms with Crippen molar-refractivity contribution in [3.8, 4) is 0 Å². The van der Waals surface area contributed by atoms with E-state index in [4.69, 9.17) is 0 Å². The van der Waals surface area contributed by atoms with Crippen LogP contribution in [0, 0.1) is 20.8 Å². The number of carbonyl (C=O) groups is 1. The maximum Gasteiger partial charge on any atom is 0.255 e. The molecule has 6 nitrogen and oxygen atoms in total. The van der Waals surface area contributed by atoms with Gasteiger partial charge in [-0.15, -0.1) is 0 Å². The number of hydrogen-bond acceptors (Lipinski definition) is 4. The molecule has 35 heavy (non-hydrogen) atoms. The molecule has 3 N–H and O–H groups in total. The molecule has 5 rings (SSSR count).